The number of carbonyl (C=O) groups is 1. The molecule has 3 rings (SSSR count). The number of benzene rings is 1. The van der Waals surface area contributed by atoms with Crippen LogP contribution in [0.25, 0.3) is 0 Å². The van der Waals surface area contributed by atoms with Gasteiger partial charge in [0.25, 0.3) is 5.91 Å². The smallest absolute Gasteiger partial charge is 0.421 e. The number of nitrogens with zero attached hydrogens (tertiary/aromatic N) is 1. The van der Waals surface area contributed by atoms with Gasteiger partial charge >= 0.3 is 6.18 Å². The first-order valence-corrected chi connectivity index (χ1v) is 9.99. The summed E-state index contributed by atoms with van der Waals surface area (Å²) in [4.78, 5) is 16.2. The molecule has 1 atom stereocenters. The lowest BCUT2D eigenvalue weighted by atomic mass is 9.84. The second kappa shape index (κ2) is 9.45. The quantitative estimate of drug-likeness (QED) is 0.622. The molecular weight excluding hydrogens is 400 g/mol. The number of amides is 1. The van der Waals surface area contributed by atoms with E-state index in [0.29, 0.717) is 11.5 Å². The van der Waals surface area contributed by atoms with Gasteiger partial charge in [-0.05, 0) is 49.4 Å². The van der Waals surface area contributed by atoms with Crippen LogP contribution in [0.4, 0.5) is 17.6 Å². The van der Waals surface area contributed by atoms with Crippen molar-refractivity contribution in [2.45, 2.75) is 57.9 Å². The highest BCUT2D eigenvalue weighted by atomic mass is 19.4. The molecule has 30 heavy (non-hydrogen) atoms. The summed E-state index contributed by atoms with van der Waals surface area (Å²) in [5.41, 5.74) is -0.951. The molecule has 1 aromatic heterocycles. The van der Waals surface area contributed by atoms with Gasteiger partial charge in [-0.2, -0.15) is 13.2 Å². The number of ether oxygens (including phenoxy) is 1. The fraction of sp³-hybridized carbons (Fsp3) is 0.455. The zero-order valence-corrected chi connectivity index (χ0v) is 16.6. The number of halogens is 4. The normalized spacial score (nSPS) is 16.2. The SMILES string of the molecule is CC(NC(=O)c1cnc(OCc2cccc(F)c2)c(C(F)(F)F)c1)C1CCCCC1. The molecule has 1 aliphatic rings. The Bertz CT molecular complexity index is 880. The van der Waals surface area contributed by atoms with Crippen LogP contribution in [-0.4, -0.2) is 16.9 Å². The summed E-state index contributed by atoms with van der Waals surface area (Å²) in [7, 11) is 0. The van der Waals surface area contributed by atoms with E-state index in [9.17, 15) is 22.4 Å². The van der Waals surface area contributed by atoms with E-state index >= 15 is 0 Å². The van der Waals surface area contributed by atoms with Gasteiger partial charge in [0.1, 0.15) is 18.0 Å². The number of hydrogen-bond donors (Lipinski definition) is 1. The maximum Gasteiger partial charge on any atom is 0.421 e. The molecule has 1 heterocycles. The van der Waals surface area contributed by atoms with Gasteiger partial charge in [-0.15, -0.1) is 0 Å². The minimum absolute atomic E-state index is 0.129. The van der Waals surface area contributed by atoms with Gasteiger partial charge in [-0.25, -0.2) is 9.37 Å². The average molecular weight is 424 g/mol. The Morgan fingerprint density at radius 2 is 1.97 bits per heavy atom. The molecule has 1 aliphatic carbocycles. The first-order valence-electron chi connectivity index (χ1n) is 9.99. The number of rotatable bonds is 6. The second-order valence-corrected chi connectivity index (χ2v) is 7.65. The van der Waals surface area contributed by atoms with Gasteiger partial charge in [0.15, 0.2) is 0 Å². The van der Waals surface area contributed by atoms with Crippen LogP contribution < -0.4 is 10.1 Å². The number of hydrogen-bond acceptors (Lipinski definition) is 3. The molecule has 1 unspecified atom stereocenters. The summed E-state index contributed by atoms with van der Waals surface area (Å²) in [6.45, 7) is 1.60. The summed E-state index contributed by atoms with van der Waals surface area (Å²) in [5, 5.41) is 2.80. The Balaban J connectivity index is 1.74. The number of alkyl halides is 3. The van der Waals surface area contributed by atoms with Crippen molar-refractivity contribution in [1.82, 2.24) is 10.3 Å². The highest BCUT2D eigenvalue weighted by molar-refractivity contribution is 5.94. The van der Waals surface area contributed by atoms with Crippen molar-refractivity contribution in [3.05, 3.63) is 59.0 Å². The van der Waals surface area contributed by atoms with E-state index in [4.69, 9.17) is 4.74 Å². The molecule has 0 radical (unpaired) electrons. The van der Waals surface area contributed by atoms with Gasteiger partial charge in [-0.1, -0.05) is 31.4 Å². The first-order chi connectivity index (χ1) is 14.2. The molecule has 2 aromatic rings. The number of aromatic nitrogens is 1. The Morgan fingerprint density at radius 3 is 2.63 bits per heavy atom. The zero-order chi connectivity index (χ0) is 21.7. The molecule has 8 heteroatoms. The van der Waals surface area contributed by atoms with Crippen LogP contribution >= 0.6 is 0 Å². The second-order valence-electron chi connectivity index (χ2n) is 7.65. The standard InChI is InChI=1S/C22H24F4N2O2/c1-14(16-7-3-2-4-8-16)28-20(29)17-11-19(22(24,25)26)21(27-12-17)30-13-15-6-5-9-18(23)10-15/h5-6,9-12,14,16H,2-4,7-8,13H2,1H3,(H,28,29). The van der Waals surface area contributed by atoms with Crippen molar-refractivity contribution in [3.63, 3.8) is 0 Å². The monoisotopic (exact) mass is 424 g/mol. The van der Waals surface area contributed by atoms with Crippen molar-refractivity contribution >= 4 is 5.91 Å². The average Bonchev–Trinajstić information content (AvgIpc) is 2.72. The van der Waals surface area contributed by atoms with Crippen LogP contribution in [0.15, 0.2) is 36.5 Å². The van der Waals surface area contributed by atoms with Crippen molar-refractivity contribution in [2.75, 3.05) is 0 Å². The molecule has 1 amide bonds. The van der Waals surface area contributed by atoms with Crippen molar-refractivity contribution in [3.8, 4) is 5.88 Å². The van der Waals surface area contributed by atoms with Crippen molar-refractivity contribution in [1.29, 1.82) is 0 Å². The van der Waals surface area contributed by atoms with E-state index in [1.165, 1.54) is 30.7 Å². The Hall–Kier alpha value is -2.64. The number of nitrogens with one attached hydrogen (secondary N) is 1. The molecular formula is C22H24F4N2O2. The van der Waals surface area contributed by atoms with Gasteiger partial charge < -0.3 is 10.1 Å². The lowest BCUT2D eigenvalue weighted by molar-refractivity contribution is -0.139. The zero-order valence-electron chi connectivity index (χ0n) is 16.6. The third-order valence-electron chi connectivity index (χ3n) is 5.40. The predicted octanol–water partition coefficient (Wildman–Crippen LogP) is 5.52. The highest BCUT2D eigenvalue weighted by Gasteiger charge is 2.36. The van der Waals surface area contributed by atoms with Gasteiger partial charge in [0.2, 0.25) is 5.88 Å². The predicted molar refractivity (Wildman–Crippen MR) is 103 cm³/mol. The molecule has 162 valence electrons. The van der Waals surface area contributed by atoms with E-state index in [2.05, 4.69) is 10.3 Å². The van der Waals surface area contributed by atoms with Crippen molar-refractivity contribution in [2.24, 2.45) is 5.92 Å². The molecule has 1 fully saturated rings. The maximum atomic E-state index is 13.5. The maximum absolute atomic E-state index is 13.5. The number of pyridine rings is 1. The Labute approximate surface area is 172 Å². The summed E-state index contributed by atoms with van der Waals surface area (Å²) in [6, 6.07) is 5.98. The van der Waals surface area contributed by atoms with Gasteiger partial charge in [-0.3, -0.25) is 4.79 Å². The fourth-order valence-corrected chi connectivity index (χ4v) is 3.72. The summed E-state index contributed by atoms with van der Waals surface area (Å²) in [6.07, 6.45) is 1.69. The van der Waals surface area contributed by atoms with E-state index in [-0.39, 0.29) is 18.2 Å². The van der Waals surface area contributed by atoms with E-state index < -0.39 is 29.3 Å². The molecule has 1 aromatic carbocycles. The van der Waals surface area contributed by atoms with Gasteiger partial charge in [0, 0.05) is 12.2 Å². The topological polar surface area (TPSA) is 51.2 Å². The molecule has 0 saturated heterocycles. The van der Waals surface area contributed by atoms with Gasteiger partial charge in [0.05, 0.1) is 5.56 Å². The minimum Gasteiger partial charge on any atom is -0.472 e. The third kappa shape index (κ3) is 5.70. The highest BCUT2D eigenvalue weighted by Crippen LogP contribution is 2.36. The molecule has 0 bridgehead atoms. The Morgan fingerprint density at radius 1 is 1.23 bits per heavy atom. The molecule has 1 saturated carbocycles. The van der Waals surface area contributed by atoms with Crippen LogP contribution in [0.2, 0.25) is 0 Å². The van der Waals surface area contributed by atoms with E-state index in [1.54, 1.807) is 0 Å². The summed E-state index contributed by atoms with van der Waals surface area (Å²) < 4.78 is 59.0. The first kappa shape index (κ1) is 22.1. The molecule has 0 spiro atoms. The van der Waals surface area contributed by atoms with E-state index in [1.807, 2.05) is 6.92 Å². The van der Waals surface area contributed by atoms with Crippen LogP contribution in [0.5, 0.6) is 5.88 Å². The van der Waals surface area contributed by atoms with Crippen LogP contribution in [-0.2, 0) is 12.8 Å². The third-order valence-corrected chi connectivity index (χ3v) is 5.40. The minimum atomic E-state index is -4.75. The molecule has 1 N–H and O–H groups in total. The summed E-state index contributed by atoms with van der Waals surface area (Å²) in [5.74, 6) is -1.43. The summed E-state index contributed by atoms with van der Waals surface area (Å²) >= 11 is 0. The van der Waals surface area contributed by atoms with E-state index in [0.717, 1.165) is 37.9 Å². The lowest BCUT2D eigenvalue weighted by Gasteiger charge is -2.28. The fourth-order valence-electron chi connectivity index (χ4n) is 3.72. The number of carbonyl (C=O) groups excluding carboxylic acids is 1. The lowest BCUT2D eigenvalue weighted by Crippen LogP contribution is -2.39. The largest absolute Gasteiger partial charge is 0.472 e. The molecule has 0 aliphatic heterocycles. The molecule has 4 nitrogen and oxygen atoms in total. The van der Waals surface area contributed by atoms with Crippen molar-refractivity contribution < 1.29 is 27.1 Å². The van der Waals surface area contributed by atoms with Crippen LogP contribution in [0.1, 0.15) is 60.5 Å². The Kier molecular flexibility index (Phi) is 6.95. The van der Waals surface area contributed by atoms with Crippen LogP contribution in [0, 0.1) is 11.7 Å². The van der Waals surface area contributed by atoms with Crippen LogP contribution in [0.3, 0.4) is 0 Å².